The van der Waals surface area contributed by atoms with Crippen molar-refractivity contribution in [2.24, 2.45) is 5.41 Å². The highest BCUT2D eigenvalue weighted by Crippen LogP contribution is 2.49. The first kappa shape index (κ1) is 37.5. The molecule has 0 saturated carbocycles. The first-order valence-corrected chi connectivity index (χ1v) is 15.3. The third kappa shape index (κ3) is 9.46. The Kier molecular flexibility index (Phi) is 12.6. The van der Waals surface area contributed by atoms with E-state index in [-0.39, 0.29) is 21.7 Å². The Morgan fingerprint density at radius 3 is 1.07 bits per heavy atom. The van der Waals surface area contributed by atoms with Crippen molar-refractivity contribution in [1.82, 2.24) is 0 Å². The van der Waals surface area contributed by atoms with E-state index < -0.39 is 39.9 Å². The molecule has 0 aliphatic rings. The predicted molar refractivity (Wildman–Crippen MR) is 168 cm³/mol. The van der Waals surface area contributed by atoms with Crippen molar-refractivity contribution in [1.29, 1.82) is 0 Å². The summed E-state index contributed by atoms with van der Waals surface area (Å²) in [4.78, 5) is 21.7. The van der Waals surface area contributed by atoms with Gasteiger partial charge in [-0.3, -0.25) is 0 Å². The van der Waals surface area contributed by atoms with E-state index in [2.05, 4.69) is 119 Å². The molecule has 0 aliphatic heterocycles. The number of ether oxygens (including phenoxy) is 1. The number of rotatable bonds is 7. The molecule has 0 amide bonds. The number of aliphatic hydroxyl groups excluding tert-OH is 3. The van der Waals surface area contributed by atoms with Crippen LogP contribution in [0.5, 0.6) is 5.75 Å². The molecule has 2 aromatic carbocycles. The minimum Gasteiger partial charge on any atom is -0.484 e. The van der Waals surface area contributed by atoms with E-state index in [9.17, 15) is 15.3 Å². The summed E-state index contributed by atoms with van der Waals surface area (Å²) in [6.07, 6.45) is -0.790. The van der Waals surface area contributed by atoms with Crippen LogP contribution in [0.25, 0.3) is 0 Å². The highest BCUT2D eigenvalue weighted by Gasteiger charge is 2.46. The van der Waals surface area contributed by atoms with Crippen molar-refractivity contribution in [3.8, 4) is 5.75 Å². The lowest BCUT2D eigenvalue weighted by atomic mass is 9.69. The lowest BCUT2D eigenvalue weighted by Crippen LogP contribution is -2.45. The van der Waals surface area contributed by atoms with Crippen molar-refractivity contribution in [2.75, 3.05) is 19.8 Å². The minimum absolute atomic E-state index is 0.210. The van der Waals surface area contributed by atoms with Crippen LogP contribution >= 0.6 is 8.60 Å². The Hall–Kier alpha value is -1.57. The molecule has 0 aliphatic carbocycles. The average molecular weight is 595 g/mol. The van der Waals surface area contributed by atoms with Crippen LogP contribution in [0, 0.1) is 5.41 Å². The highest BCUT2D eigenvalue weighted by atomic mass is 31.2. The van der Waals surface area contributed by atoms with Crippen LogP contribution in [0.15, 0.2) is 36.4 Å². The second-order valence-electron chi connectivity index (χ2n) is 15.1. The molecule has 6 N–H and O–H groups in total. The van der Waals surface area contributed by atoms with Gasteiger partial charge >= 0.3 is 8.60 Å². The fourth-order valence-electron chi connectivity index (χ4n) is 5.01. The van der Waals surface area contributed by atoms with Crippen molar-refractivity contribution in [3.05, 3.63) is 64.2 Å². The standard InChI is InChI=1S/C33H52O4.H3O3P/c1-29(2,3)22-15-13-16-23(30(4,5)6)26(22)28(33(19-34,20-35)21-36)37-27-24(31(7,8)9)17-14-18-25(27)32(10,11)12;1-4(2)3/h13-18,28,34-36H,19-21H2,1-12H3;1-3H. The molecule has 234 valence electrons. The van der Waals surface area contributed by atoms with Crippen LogP contribution in [0.4, 0.5) is 0 Å². The van der Waals surface area contributed by atoms with Crippen LogP contribution in [0.3, 0.4) is 0 Å². The molecule has 0 bridgehead atoms. The topological polar surface area (TPSA) is 131 Å². The first-order valence-electron chi connectivity index (χ1n) is 14.1. The Morgan fingerprint density at radius 1 is 0.561 bits per heavy atom. The molecule has 7 nitrogen and oxygen atoms in total. The van der Waals surface area contributed by atoms with Gasteiger partial charge in [0.1, 0.15) is 11.9 Å². The van der Waals surface area contributed by atoms with Crippen molar-refractivity contribution >= 4 is 8.60 Å². The van der Waals surface area contributed by atoms with E-state index in [4.69, 9.17) is 19.4 Å². The van der Waals surface area contributed by atoms with Crippen LogP contribution in [-0.2, 0) is 21.7 Å². The Balaban J connectivity index is 0.00000196. The molecule has 2 rings (SSSR count). The van der Waals surface area contributed by atoms with Crippen molar-refractivity contribution in [3.63, 3.8) is 0 Å². The van der Waals surface area contributed by atoms with Crippen molar-refractivity contribution < 1.29 is 34.7 Å². The van der Waals surface area contributed by atoms with Gasteiger partial charge in [-0.1, -0.05) is 119 Å². The zero-order chi connectivity index (χ0) is 32.2. The molecule has 0 radical (unpaired) electrons. The average Bonchev–Trinajstić information content (AvgIpc) is 2.81. The summed E-state index contributed by atoms with van der Waals surface area (Å²) < 4.78 is 7.15. The van der Waals surface area contributed by atoms with E-state index >= 15 is 0 Å². The molecule has 0 fully saturated rings. The largest absolute Gasteiger partial charge is 0.484 e. The second kappa shape index (κ2) is 13.8. The van der Waals surface area contributed by atoms with Crippen molar-refractivity contribution in [2.45, 2.75) is 111 Å². The van der Waals surface area contributed by atoms with Gasteiger partial charge in [0.15, 0.2) is 0 Å². The van der Waals surface area contributed by atoms with Gasteiger partial charge in [-0.15, -0.1) is 0 Å². The summed E-state index contributed by atoms with van der Waals surface area (Å²) in [5, 5.41) is 32.2. The smallest absolute Gasteiger partial charge is 0.324 e. The number of hydrogen-bond acceptors (Lipinski definition) is 7. The number of hydrogen-bond donors (Lipinski definition) is 6. The Morgan fingerprint density at radius 2 is 0.829 bits per heavy atom. The SMILES string of the molecule is CC(C)(C)c1cccc(C(C)(C)C)c1OC(c1c(C(C)(C)C)cccc1C(C)(C)C)C(CO)(CO)CO.OP(O)O. The highest BCUT2D eigenvalue weighted by molar-refractivity contribution is 7.38. The predicted octanol–water partition coefficient (Wildman–Crippen LogP) is 6.15. The fourth-order valence-corrected chi connectivity index (χ4v) is 5.01. The Labute approximate surface area is 249 Å². The summed E-state index contributed by atoms with van der Waals surface area (Å²) >= 11 is 0. The third-order valence-electron chi connectivity index (χ3n) is 7.35. The van der Waals surface area contributed by atoms with E-state index in [0.717, 1.165) is 33.6 Å². The monoisotopic (exact) mass is 594 g/mol. The maximum atomic E-state index is 10.7. The summed E-state index contributed by atoms with van der Waals surface area (Å²) in [5.41, 5.74) is 3.00. The lowest BCUT2D eigenvalue weighted by molar-refractivity contribution is -0.0761. The van der Waals surface area contributed by atoms with Crippen LogP contribution in [0.1, 0.15) is 117 Å². The molecule has 2 aromatic rings. The lowest BCUT2D eigenvalue weighted by Gasteiger charge is -2.43. The van der Waals surface area contributed by atoms with Gasteiger partial charge in [0.2, 0.25) is 0 Å². The maximum Gasteiger partial charge on any atom is 0.324 e. The molecule has 1 atom stereocenters. The molecule has 8 heteroatoms. The van der Waals surface area contributed by atoms with Crippen LogP contribution in [0.2, 0.25) is 0 Å². The van der Waals surface area contributed by atoms with Gasteiger partial charge in [0.05, 0.1) is 25.2 Å². The second-order valence-corrected chi connectivity index (χ2v) is 15.6. The zero-order valence-corrected chi connectivity index (χ0v) is 28.1. The normalized spacial score (nSPS) is 14.0. The van der Waals surface area contributed by atoms with E-state index in [1.54, 1.807) is 0 Å². The minimum atomic E-state index is -2.62. The third-order valence-corrected chi connectivity index (χ3v) is 7.35. The van der Waals surface area contributed by atoms with Crippen LogP contribution < -0.4 is 4.74 Å². The molecule has 41 heavy (non-hydrogen) atoms. The van der Waals surface area contributed by atoms with E-state index in [1.807, 2.05) is 0 Å². The molecule has 1 unspecified atom stereocenters. The molecule has 0 aromatic heterocycles. The van der Waals surface area contributed by atoms with Gasteiger partial charge in [-0.2, -0.15) is 0 Å². The van der Waals surface area contributed by atoms with Gasteiger partial charge in [0.25, 0.3) is 0 Å². The van der Waals surface area contributed by atoms with E-state index in [0.29, 0.717) is 0 Å². The summed E-state index contributed by atoms with van der Waals surface area (Å²) in [6.45, 7) is 24.7. The Bertz CT molecular complexity index is 1040. The molecule has 0 spiro atoms. The number of para-hydroxylation sites is 1. The molecule has 0 saturated heterocycles. The molecule has 0 heterocycles. The quantitative estimate of drug-likeness (QED) is 0.212. The number of aliphatic hydroxyl groups is 3. The zero-order valence-electron chi connectivity index (χ0n) is 27.2. The first-order chi connectivity index (χ1) is 18.5. The van der Waals surface area contributed by atoms with Crippen LogP contribution in [-0.4, -0.2) is 49.8 Å². The molecular formula is C33H55O7P. The maximum absolute atomic E-state index is 10.7. The number of benzene rings is 2. The van der Waals surface area contributed by atoms with Gasteiger partial charge in [-0.05, 0) is 43.9 Å². The van der Waals surface area contributed by atoms with E-state index in [1.165, 1.54) is 0 Å². The summed E-state index contributed by atoms with van der Waals surface area (Å²) in [5.74, 6) is 0.760. The summed E-state index contributed by atoms with van der Waals surface area (Å²) in [7, 11) is -2.62. The fraction of sp³-hybridized carbons (Fsp3) is 0.636. The summed E-state index contributed by atoms with van der Waals surface area (Å²) in [6, 6.07) is 12.6. The molecular weight excluding hydrogens is 539 g/mol. The van der Waals surface area contributed by atoms with Gasteiger partial charge in [0, 0.05) is 5.56 Å². The van der Waals surface area contributed by atoms with Gasteiger partial charge in [-0.25, -0.2) is 0 Å². The van der Waals surface area contributed by atoms with Gasteiger partial charge < -0.3 is 34.7 Å².